The number of thiophene rings is 1. The van der Waals surface area contributed by atoms with Gasteiger partial charge in [-0.15, -0.1) is 11.3 Å². The van der Waals surface area contributed by atoms with Gasteiger partial charge in [0, 0.05) is 10.1 Å². The topological polar surface area (TPSA) is 0 Å². The second-order valence-corrected chi connectivity index (χ2v) is 6.74. The summed E-state index contributed by atoms with van der Waals surface area (Å²) in [5.41, 5.74) is 0. The summed E-state index contributed by atoms with van der Waals surface area (Å²) in [5, 5.41) is 0.716. The maximum Gasteiger partial charge on any atom is 0.425 e. The summed E-state index contributed by atoms with van der Waals surface area (Å²) in [5.74, 6) is 0.527. The van der Waals surface area contributed by atoms with E-state index in [9.17, 15) is 13.2 Å². The van der Waals surface area contributed by atoms with Gasteiger partial charge in [0.1, 0.15) is 4.88 Å². The molecule has 0 radical (unpaired) electrons. The Hall–Kier alpha value is -0.420. The summed E-state index contributed by atoms with van der Waals surface area (Å²) < 4.78 is 37.3. The number of halogens is 3. The fourth-order valence-corrected chi connectivity index (χ4v) is 3.79. The van der Waals surface area contributed by atoms with Gasteiger partial charge in [-0.25, -0.2) is 0 Å². The summed E-state index contributed by atoms with van der Waals surface area (Å²) in [6.45, 7) is 0. The van der Waals surface area contributed by atoms with Gasteiger partial charge in [0.15, 0.2) is 0 Å². The average molecular weight is 292 g/mol. The van der Waals surface area contributed by atoms with E-state index in [2.05, 4.69) is 12.3 Å². The van der Waals surface area contributed by atoms with Crippen molar-refractivity contribution in [3.05, 3.63) is 28.0 Å². The third kappa shape index (κ3) is 3.54. The molecule has 2 unspecified atom stereocenters. The van der Waals surface area contributed by atoms with Gasteiger partial charge in [0.2, 0.25) is 0 Å². The molecule has 0 bridgehead atoms. The molecule has 0 aliphatic heterocycles. The van der Waals surface area contributed by atoms with Crippen LogP contribution in [0.5, 0.6) is 0 Å². The first-order chi connectivity index (χ1) is 8.49. The molecule has 0 amide bonds. The van der Waals surface area contributed by atoms with E-state index >= 15 is 0 Å². The fraction of sp³-hybridized carbons (Fsp3) is 0.538. The summed E-state index contributed by atoms with van der Waals surface area (Å²) in [7, 11) is 0. The lowest BCUT2D eigenvalue weighted by Crippen LogP contribution is -2.00. The predicted octanol–water partition coefficient (Wildman–Crippen LogP) is 5.31. The fourth-order valence-electron chi connectivity index (χ4n) is 2.19. The third-order valence-electron chi connectivity index (χ3n) is 3.20. The first-order valence-corrected chi connectivity index (χ1v) is 7.97. The van der Waals surface area contributed by atoms with Crippen LogP contribution in [0.4, 0.5) is 13.2 Å². The maximum absolute atomic E-state index is 12.4. The molecule has 1 heterocycles. The SMILES string of the molecule is CSC1CCC(/C=C/c2ccc(C(F)(F)F)s2)C1. The standard InChI is InChI=1S/C13H15F3S2/c1-17-11-5-3-9(8-11)2-4-10-6-7-12(18-10)13(14,15)16/h2,4,6-7,9,11H,3,5,8H2,1H3/b4-2+. The predicted molar refractivity (Wildman–Crippen MR) is 73.0 cm³/mol. The number of hydrogen-bond acceptors (Lipinski definition) is 2. The highest BCUT2D eigenvalue weighted by Crippen LogP contribution is 2.36. The zero-order valence-electron chi connectivity index (χ0n) is 10.0. The molecule has 1 fully saturated rings. The highest BCUT2D eigenvalue weighted by atomic mass is 32.2. The van der Waals surface area contributed by atoms with Crippen molar-refractivity contribution in [1.82, 2.24) is 0 Å². The number of hydrogen-bond donors (Lipinski definition) is 0. The molecule has 2 rings (SSSR count). The van der Waals surface area contributed by atoms with Crippen molar-refractivity contribution in [3.63, 3.8) is 0 Å². The highest BCUT2D eigenvalue weighted by Gasteiger charge is 2.32. The van der Waals surface area contributed by atoms with Crippen molar-refractivity contribution in [2.24, 2.45) is 5.92 Å². The molecule has 100 valence electrons. The number of rotatable bonds is 3. The van der Waals surface area contributed by atoms with Crippen LogP contribution in [0.15, 0.2) is 18.2 Å². The Morgan fingerprint density at radius 3 is 2.67 bits per heavy atom. The Kier molecular flexibility index (Phi) is 4.43. The van der Waals surface area contributed by atoms with Gasteiger partial charge in [-0.3, -0.25) is 0 Å². The van der Waals surface area contributed by atoms with E-state index in [-0.39, 0.29) is 0 Å². The smallest absolute Gasteiger partial charge is 0.165 e. The van der Waals surface area contributed by atoms with Crippen LogP contribution in [0.1, 0.15) is 29.0 Å². The molecule has 1 aliphatic carbocycles. The molecule has 2 atom stereocenters. The van der Waals surface area contributed by atoms with Crippen LogP contribution < -0.4 is 0 Å². The lowest BCUT2D eigenvalue weighted by molar-refractivity contribution is -0.134. The molecule has 0 spiro atoms. The highest BCUT2D eigenvalue weighted by molar-refractivity contribution is 7.99. The largest absolute Gasteiger partial charge is 0.425 e. The monoisotopic (exact) mass is 292 g/mol. The van der Waals surface area contributed by atoms with E-state index in [4.69, 9.17) is 0 Å². The van der Waals surface area contributed by atoms with Crippen molar-refractivity contribution in [2.45, 2.75) is 30.7 Å². The van der Waals surface area contributed by atoms with E-state index < -0.39 is 11.1 Å². The molecule has 1 aromatic rings. The summed E-state index contributed by atoms with van der Waals surface area (Å²) >= 11 is 2.70. The van der Waals surface area contributed by atoms with Gasteiger partial charge in [-0.2, -0.15) is 24.9 Å². The second-order valence-electron chi connectivity index (χ2n) is 4.49. The van der Waals surface area contributed by atoms with Crippen molar-refractivity contribution in [1.29, 1.82) is 0 Å². The molecule has 18 heavy (non-hydrogen) atoms. The Bertz CT molecular complexity index is 420. The zero-order valence-corrected chi connectivity index (χ0v) is 11.7. The normalized spacial score (nSPS) is 25.1. The molecule has 0 saturated heterocycles. The minimum absolute atomic E-state index is 0.518. The van der Waals surface area contributed by atoms with Gasteiger partial charge < -0.3 is 0 Å². The van der Waals surface area contributed by atoms with Crippen LogP contribution in [0, 0.1) is 5.92 Å². The second kappa shape index (κ2) is 5.70. The van der Waals surface area contributed by atoms with Crippen LogP contribution in [-0.2, 0) is 6.18 Å². The van der Waals surface area contributed by atoms with Crippen molar-refractivity contribution >= 4 is 29.2 Å². The van der Waals surface area contributed by atoms with Crippen molar-refractivity contribution in [2.75, 3.05) is 6.26 Å². The van der Waals surface area contributed by atoms with Crippen molar-refractivity contribution < 1.29 is 13.2 Å². The Morgan fingerprint density at radius 1 is 1.33 bits per heavy atom. The lowest BCUT2D eigenvalue weighted by Gasteiger charge is -2.04. The quantitative estimate of drug-likeness (QED) is 0.727. The van der Waals surface area contributed by atoms with Gasteiger partial charge in [-0.05, 0) is 49.6 Å². The maximum atomic E-state index is 12.4. The van der Waals surface area contributed by atoms with Crippen LogP contribution in [-0.4, -0.2) is 11.5 Å². The van der Waals surface area contributed by atoms with Crippen LogP contribution >= 0.6 is 23.1 Å². The molecule has 0 N–H and O–H groups in total. The van der Waals surface area contributed by atoms with Gasteiger partial charge >= 0.3 is 6.18 Å². The van der Waals surface area contributed by atoms with Crippen LogP contribution in [0.2, 0.25) is 0 Å². The summed E-state index contributed by atoms with van der Waals surface area (Å²) in [6, 6.07) is 2.70. The lowest BCUT2D eigenvalue weighted by atomic mass is 10.1. The van der Waals surface area contributed by atoms with Gasteiger partial charge in [-0.1, -0.05) is 6.08 Å². The number of thioether (sulfide) groups is 1. The molecular formula is C13H15F3S2. The molecule has 1 saturated carbocycles. The molecule has 1 aromatic heterocycles. The average Bonchev–Trinajstić information content (AvgIpc) is 2.94. The third-order valence-corrected chi connectivity index (χ3v) is 5.39. The molecule has 0 nitrogen and oxygen atoms in total. The number of allylic oxidation sites excluding steroid dienone is 1. The zero-order chi connectivity index (χ0) is 13.2. The van der Waals surface area contributed by atoms with E-state index in [1.54, 1.807) is 6.07 Å². The number of alkyl halides is 3. The Labute approximate surface area is 113 Å². The van der Waals surface area contributed by atoms with E-state index in [1.807, 2.05) is 17.8 Å². The van der Waals surface area contributed by atoms with Crippen molar-refractivity contribution in [3.8, 4) is 0 Å². The molecule has 5 heteroatoms. The Morgan fingerprint density at radius 2 is 2.11 bits per heavy atom. The summed E-state index contributed by atoms with van der Waals surface area (Å²) in [6.07, 6.45) is 5.33. The molecular weight excluding hydrogens is 277 g/mol. The first-order valence-electron chi connectivity index (χ1n) is 5.87. The van der Waals surface area contributed by atoms with E-state index in [0.29, 0.717) is 16.0 Å². The first kappa shape index (κ1) is 14.0. The van der Waals surface area contributed by atoms with Crippen LogP contribution in [0.25, 0.3) is 6.08 Å². The molecule has 0 aromatic carbocycles. The van der Waals surface area contributed by atoms with Gasteiger partial charge in [0.25, 0.3) is 0 Å². The summed E-state index contributed by atoms with van der Waals surface area (Å²) in [4.78, 5) is 0.172. The van der Waals surface area contributed by atoms with E-state index in [1.165, 1.54) is 6.42 Å². The van der Waals surface area contributed by atoms with Gasteiger partial charge in [0.05, 0.1) is 0 Å². The van der Waals surface area contributed by atoms with Crippen LogP contribution in [0.3, 0.4) is 0 Å². The molecule has 1 aliphatic rings. The van der Waals surface area contributed by atoms with E-state index in [0.717, 1.165) is 30.2 Å². The Balaban J connectivity index is 1.96. The minimum Gasteiger partial charge on any atom is -0.165 e. The minimum atomic E-state index is -4.21.